The van der Waals surface area contributed by atoms with Crippen LogP contribution >= 0.6 is 27.3 Å². The zero-order chi connectivity index (χ0) is 13.2. The standard InChI is InChI=1S/C16H13BrOS/c17-14-8-9-19-16(14)10-15(18)13-7-3-5-11-4-1-2-6-12(11)13/h1-9,15,18H,10H2. The van der Waals surface area contributed by atoms with E-state index in [1.54, 1.807) is 11.3 Å². The zero-order valence-corrected chi connectivity index (χ0v) is 12.6. The third-order valence-corrected chi connectivity index (χ3v) is 5.20. The molecule has 1 heterocycles. The van der Waals surface area contributed by atoms with Gasteiger partial charge in [0.25, 0.3) is 0 Å². The molecule has 2 aromatic carbocycles. The molecule has 1 N–H and O–H groups in total. The molecule has 3 heteroatoms. The summed E-state index contributed by atoms with van der Waals surface area (Å²) in [6, 6.07) is 16.3. The van der Waals surface area contributed by atoms with Crippen molar-refractivity contribution < 1.29 is 5.11 Å². The number of hydrogen-bond acceptors (Lipinski definition) is 2. The molecule has 19 heavy (non-hydrogen) atoms. The summed E-state index contributed by atoms with van der Waals surface area (Å²) in [7, 11) is 0. The minimum atomic E-state index is -0.471. The normalized spacial score (nSPS) is 12.7. The maximum Gasteiger partial charge on any atom is 0.0844 e. The molecule has 96 valence electrons. The Labute approximate surface area is 124 Å². The molecule has 0 spiro atoms. The molecule has 0 aliphatic heterocycles. The minimum Gasteiger partial charge on any atom is -0.388 e. The molecule has 0 fully saturated rings. The van der Waals surface area contributed by atoms with Gasteiger partial charge in [-0.3, -0.25) is 0 Å². The third-order valence-electron chi connectivity index (χ3n) is 3.25. The van der Waals surface area contributed by atoms with Crippen molar-refractivity contribution in [2.45, 2.75) is 12.5 Å². The summed E-state index contributed by atoms with van der Waals surface area (Å²) in [5.74, 6) is 0. The number of hydrogen-bond donors (Lipinski definition) is 1. The SMILES string of the molecule is OC(Cc1sccc1Br)c1cccc2ccccc12. The Kier molecular flexibility index (Phi) is 3.69. The minimum absolute atomic E-state index is 0.471. The molecule has 1 aromatic heterocycles. The molecule has 0 radical (unpaired) electrons. The van der Waals surface area contributed by atoms with Gasteiger partial charge in [0.1, 0.15) is 0 Å². The first-order chi connectivity index (χ1) is 9.25. The van der Waals surface area contributed by atoms with Crippen LogP contribution in [0.1, 0.15) is 16.5 Å². The lowest BCUT2D eigenvalue weighted by Crippen LogP contribution is -2.01. The smallest absolute Gasteiger partial charge is 0.0844 e. The van der Waals surface area contributed by atoms with Crippen LogP contribution in [0.2, 0.25) is 0 Å². The molecule has 1 unspecified atom stereocenters. The van der Waals surface area contributed by atoms with E-state index < -0.39 is 6.10 Å². The van der Waals surface area contributed by atoms with Crippen LogP contribution in [0.5, 0.6) is 0 Å². The molecule has 3 aromatic rings. The van der Waals surface area contributed by atoms with Gasteiger partial charge in [-0.1, -0.05) is 42.5 Å². The maximum absolute atomic E-state index is 10.5. The quantitative estimate of drug-likeness (QED) is 0.720. The molecule has 1 atom stereocenters. The Morgan fingerprint density at radius 1 is 1.05 bits per heavy atom. The van der Waals surface area contributed by atoms with Crippen LogP contribution in [0, 0.1) is 0 Å². The van der Waals surface area contributed by atoms with Crippen molar-refractivity contribution in [3.05, 3.63) is 68.8 Å². The van der Waals surface area contributed by atoms with Gasteiger partial charge in [0.15, 0.2) is 0 Å². The lowest BCUT2D eigenvalue weighted by atomic mass is 9.98. The predicted molar refractivity (Wildman–Crippen MR) is 84.6 cm³/mol. The second-order valence-corrected chi connectivity index (χ2v) is 6.34. The van der Waals surface area contributed by atoms with Crippen molar-refractivity contribution >= 4 is 38.0 Å². The Morgan fingerprint density at radius 3 is 2.63 bits per heavy atom. The molecule has 0 saturated heterocycles. The molecule has 0 bridgehead atoms. The van der Waals surface area contributed by atoms with Crippen molar-refractivity contribution in [2.24, 2.45) is 0 Å². The third kappa shape index (κ3) is 2.59. The number of halogens is 1. The van der Waals surface area contributed by atoms with Crippen LogP contribution in [0.25, 0.3) is 10.8 Å². The lowest BCUT2D eigenvalue weighted by Gasteiger charge is -2.13. The topological polar surface area (TPSA) is 20.2 Å². The van der Waals surface area contributed by atoms with Crippen molar-refractivity contribution in [3.63, 3.8) is 0 Å². The van der Waals surface area contributed by atoms with Crippen LogP contribution in [-0.2, 0) is 6.42 Å². The Bertz CT molecular complexity index is 699. The van der Waals surface area contributed by atoms with Crippen LogP contribution in [-0.4, -0.2) is 5.11 Å². The van der Waals surface area contributed by atoms with Gasteiger partial charge in [0.05, 0.1) is 6.10 Å². The first-order valence-electron chi connectivity index (χ1n) is 6.13. The zero-order valence-electron chi connectivity index (χ0n) is 10.2. The van der Waals surface area contributed by atoms with Crippen molar-refractivity contribution in [1.29, 1.82) is 0 Å². The van der Waals surface area contributed by atoms with E-state index in [1.165, 1.54) is 10.3 Å². The van der Waals surface area contributed by atoms with E-state index in [-0.39, 0.29) is 0 Å². The van der Waals surface area contributed by atoms with E-state index in [4.69, 9.17) is 0 Å². The fourth-order valence-electron chi connectivity index (χ4n) is 2.30. The Morgan fingerprint density at radius 2 is 1.84 bits per heavy atom. The molecular weight excluding hydrogens is 320 g/mol. The molecular formula is C16H13BrOS. The summed E-state index contributed by atoms with van der Waals surface area (Å²) in [5.41, 5.74) is 0.999. The number of rotatable bonds is 3. The highest BCUT2D eigenvalue weighted by molar-refractivity contribution is 9.10. The summed E-state index contributed by atoms with van der Waals surface area (Å²) >= 11 is 5.19. The van der Waals surface area contributed by atoms with Crippen LogP contribution < -0.4 is 0 Å². The van der Waals surface area contributed by atoms with E-state index in [0.29, 0.717) is 6.42 Å². The number of fused-ring (bicyclic) bond motifs is 1. The molecule has 3 rings (SSSR count). The highest BCUT2D eigenvalue weighted by atomic mass is 79.9. The van der Waals surface area contributed by atoms with E-state index in [1.807, 2.05) is 35.7 Å². The average molecular weight is 333 g/mol. The van der Waals surface area contributed by atoms with E-state index in [0.717, 1.165) is 15.4 Å². The van der Waals surface area contributed by atoms with Crippen LogP contribution in [0.3, 0.4) is 0 Å². The highest BCUT2D eigenvalue weighted by Crippen LogP contribution is 2.31. The summed E-state index contributed by atoms with van der Waals surface area (Å²) in [4.78, 5) is 1.18. The van der Waals surface area contributed by atoms with Gasteiger partial charge in [-0.25, -0.2) is 0 Å². The molecule has 0 aliphatic carbocycles. The molecule has 0 amide bonds. The Balaban J connectivity index is 1.98. The van der Waals surface area contributed by atoms with Gasteiger partial charge in [0.2, 0.25) is 0 Å². The summed E-state index contributed by atoms with van der Waals surface area (Å²) in [6.45, 7) is 0. The van der Waals surface area contributed by atoms with Gasteiger partial charge in [-0.05, 0) is 43.7 Å². The van der Waals surface area contributed by atoms with Gasteiger partial charge in [-0.2, -0.15) is 0 Å². The fourth-order valence-corrected chi connectivity index (χ4v) is 3.85. The van der Waals surface area contributed by atoms with Crippen LogP contribution in [0.4, 0.5) is 0 Å². The second kappa shape index (κ2) is 5.45. The van der Waals surface area contributed by atoms with Gasteiger partial charge < -0.3 is 5.11 Å². The van der Waals surface area contributed by atoms with E-state index in [9.17, 15) is 5.11 Å². The predicted octanol–water partition coefficient (Wildman–Crippen LogP) is 4.94. The van der Waals surface area contributed by atoms with Gasteiger partial charge in [0, 0.05) is 15.8 Å². The van der Waals surface area contributed by atoms with Crippen molar-refractivity contribution in [1.82, 2.24) is 0 Å². The first-order valence-corrected chi connectivity index (χ1v) is 7.80. The summed E-state index contributed by atoms with van der Waals surface area (Å²) in [6.07, 6.45) is 0.174. The molecule has 1 nitrogen and oxygen atoms in total. The Hall–Kier alpha value is -1.16. The fraction of sp³-hybridized carbons (Fsp3) is 0.125. The van der Waals surface area contributed by atoms with Crippen molar-refractivity contribution in [2.75, 3.05) is 0 Å². The van der Waals surface area contributed by atoms with E-state index >= 15 is 0 Å². The average Bonchev–Trinajstić information content (AvgIpc) is 2.83. The first kappa shape index (κ1) is 12.9. The monoisotopic (exact) mass is 332 g/mol. The second-order valence-electron chi connectivity index (χ2n) is 4.48. The number of thiophene rings is 1. The van der Waals surface area contributed by atoms with E-state index in [2.05, 4.69) is 34.1 Å². The molecule has 0 saturated carbocycles. The van der Waals surface area contributed by atoms with Gasteiger partial charge >= 0.3 is 0 Å². The number of benzene rings is 2. The lowest BCUT2D eigenvalue weighted by molar-refractivity contribution is 0.181. The highest BCUT2D eigenvalue weighted by Gasteiger charge is 2.14. The number of aliphatic hydroxyl groups excluding tert-OH is 1. The van der Waals surface area contributed by atoms with Crippen LogP contribution in [0.15, 0.2) is 58.4 Å². The number of aliphatic hydroxyl groups is 1. The maximum atomic E-state index is 10.5. The summed E-state index contributed by atoms with van der Waals surface area (Å²) in [5, 5.41) is 14.8. The summed E-state index contributed by atoms with van der Waals surface area (Å²) < 4.78 is 1.08. The molecule has 0 aliphatic rings. The van der Waals surface area contributed by atoms with Gasteiger partial charge in [-0.15, -0.1) is 11.3 Å². The largest absolute Gasteiger partial charge is 0.388 e. The van der Waals surface area contributed by atoms with Crippen molar-refractivity contribution in [3.8, 4) is 0 Å².